The molecule has 2 saturated heterocycles. The standard InChI is InChI=1S/C65H100N8O13S2/c1-12-28-72(62(81)49(41(7)13-2)35-55(77)52-22-16-18-29-71(52)10)53(40(5)6)36-56(86-43(9)74)61-70-51(38-88-61)60(80)68-46(31-42(8)64(83)84)32-44-23-25-45(26-24-44)33-54(76)50(21-19-27-67-65(66)85)69-59(79)48(39(3)4)34-47(75)20-15-14-17-30-73-58(78)37-57(87-11)63(73)82/h23-26,38-42,46,48-50,52-53,56-57H,12-22,27-37H2,1-11H3,(H,68,80)(H,69,79)(H,83,84)(H3,66,67,85)/t41-,42?,46+,48-,49-,50+,52+,53+,56+,57?/m0/s1. The number of ketones is 3. The molecule has 0 spiro atoms. The summed E-state index contributed by atoms with van der Waals surface area (Å²) < 4.78 is 5.93. The van der Waals surface area contributed by atoms with E-state index in [1.54, 1.807) is 42.8 Å². The molecule has 4 rings (SSSR count). The minimum Gasteiger partial charge on any atom is -0.481 e. The van der Waals surface area contributed by atoms with Gasteiger partial charge in [-0.1, -0.05) is 98.9 Å². The van der Waals surface area contributed by atoms with Crippen molar-refractivity contribution in [1.82, 2.24) is 35.6 Å². The van der Waals surface area contributed by atoms with E-state index in [1.165, 1.54) is 23.6 Å². The molecule has 1 aromatic carbocycles. The lowest BCUT2D eigenvalue weighted by Crippen LogP contribution is -2.50. The predicted octanol–water partition coefficient (Wildman–Crippen LogP) is 8.29. The maximum Gasteiger partial charge on any atom is 0.312 e. The number of likely N-dealkylation sites (N-methyl/N-ethyl adjacent to an activating group) is 1. The number of nitrogens with zero attached hydrogens (tertiary/aromatic N) is 4. The largest absolute Gasteiger partial charge is 0.481 e. The normalized spacial score (nSPS) is 18.2. The van der Waals surface area contributed by atoms with Crippen LogP contribution in [0.5, 0.6) is 0 Å². The number of aliphatic carboxylic acids is 1. The molecule has 7 amide bonds. The summed E-state index contributed by atoms with van der Waals surface area (Å²) in [5.74, 6) is -5.96. The van der Waals surface area contributed by atoms with Crippen LogP contribution >= 0.6 is 23.1 Å². The third-order valence-corrected chi connectivity index (χ3v) is 19.2. The highest BCUT2D eigenvalue weighted by molar-refractivity contribution is 8.00. The van der Waals surface area contributed by atoms with E-state index < -0.39 is 71.8 Å². The van der Waals surface area contributed by atoms with Gasteiger partial charge in [-0.15, -0.1) is 11.3 Å². The topological polar surface area (TPSA) is 302 Å². The molecule has 0 saturated carbocycles. The number of thiazole rings is 1. The molecule has 23 heteroatoms. The van der Waals surface area contributed by atoms with Gasteiger partial charge in [-0.25, -0.2) is 9.78 Å². The molecule has 2 aromatic rings. The van der Waals surface area contributed by atoms with Gasteiger partial charge in [0.2, 0.25) is 23.6 Å². The smallest absolute Gasteiger partial charge is 0.312 e. The number of carbonyl (C=O) groups excluding carboxylic acids is 10. The quantitative estimate of drug-likeness (QED) is 0.0238. The summed E-state index contributed by atoms with van der Waals surface area (Å²) in [7, 11) is 1.97. The van der Waals surface area contributed by atoms with Crippen molar-refractivity contribution in [3.8, 4) is 0 Å². The average Bonchev–Trinajstić information content (AvgIpc) is 4.31. The highest BCUT2D eigenvalue weighted by Crippen LogP contribution is 2.34. The van der Waals surface area contributed by atoms with Crippen LogP contribution in [0.25, 0.3) is 0 Å². The molecule has 490 valence electrons. The van der Waals surface area contributed by atoms with Crippen molar-refractivity contribution >= 4 is 88.0 Å². The first-order valence-corrected chi connectivity index (χ1v) is 33.9. The van der Waals surface area contributed by atoms with Crippen LogP contribution in [0.1, 0.15) is 198 Å². The molecule has 0 radical (unpaired) electrons. The van der Waals surface area contributed by atoms with Crippen molar-refractivity contribution in [2.45, 2.75) is 213 Å². The molecule has 88 heavy (non-hydrogen) atoms. The number of esters is 1. The first-order chi connectivity index (χ1) is 41.7. The number of hydrogen-bond acceptors (Lipinski definition) is 16. The second-order valence-electron chi connectivity index (χ2n) is 24.9. The minimum atomic E-state index is -1.05. The maximum atomic E-state index is 14.9. The minimum absolute atomic E-state index is 0.0343. The molecule has 2 aliphatic rings. The average molecular weight is 1270 g/mol. The van der Waals surface area contributed by atoms with Gasteiger partial charge in [0.1, 0.15) is 16.5 Å². The number of nitrogens with one attached hydrogen (secondary N) is 3. The van der Waals surface area contributed by atoms with Gasteiger partial charge in [-0.2, -0.15) is 11.8 Å². The lowest BCUT2D eigenvalue weighted by molar-refractivity contribution is -0.150. The van der Waals surface area contributed by atoms with E-state index in [9.17, 15) is 57.8 Å². The van der Waals surface area contributed by atoms with E-state index in [2.05, 4.69) is 25.8 Å². The number of hydrogen-bond donors (Lipinski definition) is 5. The van der Waals surface area contributed by atoms with Crippen LogP contribution in [0.4, 0.5) is 4.79 Å². The first kappa shape index (κ1) is 74.4. The number of ether oxygens (including phenoxy) is 1. The number of carbonyl (C=O) groups is 11. The molecule has 0 bridgehead atoms. The molecule has 0 aliphatic carbocycles. The summed E-state index contributed by atoms with van der Waals surface area (Å²) in [5, 5.41) is 19.9. The highest BCUT2D eigenvalue weighted by Gasteiger charge is 2.40. The van der Waals surface area contributed by atoms with Gasteiger partial charge in [0.15, 0.2) is 17.7 Å². The number of likely N-dealkylation sites (tertiary alicyclic amines) is 2. The zero-order chi connectivity index (χ0) is 65.4. The fourth-order valence-electron chi connectivity index (χ4n) is 11.8. The number of imide groups is 1. The van der Waals surface area contributed by atoms with Gasteiger partial charge in [0.05, 0.1) is 23.3 Å². The molecule has 2 unspecified atom stereocenters. The van der Waals surface area contributed by atoms with Crippen molar-refractivity contribution in [1.29, 1.82) is 0 Å². The van der Waals surface area contributed by atoms with Gasteiger partial charge in [0.25, 0.3) is 5.91 Å². The van der Waals surface area contributed by atoms with E-state index >= 15 is 0 Å². The van der Waals surface area contributed by atoms with Crippen molar-refractivity contribution in [2.24, 2.45) is 41.2 Å². The number of piperidine rings is 1. The summed E-state index contributed by atoms with van der Waals surface area (Å²) in [6.07, 6.45) is 8.13. The molecule has 2 aliphatic heterocycles. The molecular formula is C65H100N8O13S2. The fourth-order valence-corrected chi connectivity index (χ4v) is 13.3. The second kappa shape index (κ2) is 37.2. The molecular weight excluding hydrogens is 1160 g/mol. The van der Waals surface area contributed by atoms with Crippen LogP contribution in [-0.2, 0) is 60.7 Å². The number of primary amides is 1. The Hall–Kier alpha value is -6.07. The lowest BCUT2D eigenvalue weighted by atomic mass is 9.82. The number of Topliss-reactive ketones (excluding diaryl/α,β-unsaturated/α-hetero) is 3. The van der Waals surface area contributed by atoms with Crippen molar-refractivity contribution in [2.75, 3.05) is 39.5 Å². The van der Waals surface area contributed by atoms with Gasteiger partial charge < -0.3 is 36.4 Å². The van der Waals surface area contributed by atoms with E-state index in [0.717, 1.165) is 42.7 Å². The third-order valence-electron chi connectivity index (χ3n) is 17.3. The van der Waals surface area contributed by atoms with Crippen molar-refractivity contribution in [3.63, 3.8) is 0 Å². The number of aromatic nitrogens is 1. The summed E-state index contributed by atoms with van der Waals surface area (Å²) in [6, 6.07) is 4.03. The Morgan fingerprint density at radius 1 is 0.886 bits per heavy atom. The van der Waals surface area contributed by atoms with Crippen LogP contribution in [0, 0.1) is 35.5 Å². The predicted molar refractivity (Wildman–Crippen MR) is 340 cm³/mol. The van der Waals surface area contributed by atoms with Crippen LogP contribution < -0.4 is 21.7 Å². The zero-order valence-electron chi connectivity index (χ0n) is 53.9. The number of unbranched alkanes of at least 4 members (excludes halogenated alkanes) is 2. The Kier molecular flexibility index (Phi) is 31.4. The number of benzene rings is 1. The Balaban J connectivity index is 1.46. The van der Waals surface area contributed by atoms with Crippen LogP contribution in [0.2, 0.25) is 0 Å². The lowest BCUT2D eigenvalue weighted by Gasteiger charge is -2.39. The van der Waals surface area contributed by atoms with Crippen molar-refractivity contribution in [3.05, 3.63) is 51.5 Å². The molecule has 10 atom stereocenters. The Morgan fingerprint density at radius 2 is 1.58 bits per heavy atom. The Labute approximate surface area is 529 Å². The van der Waals surface area contributed by atoms with E-state index in [0.29, 0.717) is 62.2 Å². The van der Waals surface area contributed by atoms with Gasteiger partial charge in [0, 0.05) is 94.4 Å². The van der Waals surface area contributed by atoms with Crippen LogP contribution in [0.15, 0.2) is 29.6 Å². The highest BCUT2D eigenvalue weighted by atomic mass is 32.2. The van der Waals surface area contributed by atoms with Crippen molar-refractivity contribution < 1.29 is 62.6 Å². The maximum absolute atomic E-state index is 14.9. The number of thioether (sulfide) groups is 1. The SMILES string of the molecule is CCCN(C(=O)[C@@H](CC(=O)[C@H]1CCCCN1C)[C@@H](C)CC)[C@H](C[C@@H](OC(C)=O)c1nc(C(=O)N[C@@H](Cc2ccc(CC(=O)[C@@H](CCCNC(N)=O)NC(=O)[C@@H](CC(=O)CCCCCN3C(=O)CC(SC)C3=O)C(C)C)cc2)CC(C)C(=O)O)cs1)C(C)C. The zero-order valence-corrected chi connectivity index (χ0v) is 55.5. The summed E-state index contributed by atoms with van der Waals surface area (Å²) >= 11 is 2.49. The second-order valence-corrected chi connectivity index (χ2v) is 26.9. The fraction of sp³-hybridized carbons (Fsp3) is 0.692. The number of carboxylic acid groups (broad SMARTS) is 1. The molecule has 3 heterocycles. The molecule has 21 nitrogen and oxygen atoms in total. The van der Waals surface area contributed by atoms with Crippen LogP contribution in [0.3, 0.4) is 0 Å². The summed E-state index contributed by atoms with van der Waals surface area (Å²) in [5.41, 5.74) is 6.66. The third kappa shape index (κ3) is 23.4. The number of amides is 7. The molecule has 6 N–H and O–H groups in total. The Bertz CT molecular complexity index is 2680. The summed E-state index contributed by atoms with van der Waals surface area (Å²) in [4.78, 5) is 155. The van der Waals surface area contributed by atoms with Gasteiger partial charge in [-0.05, 0) is 107 Å². The van der Waals surface area contributed by atoms with E-state index in [-0.39, 0.29) is 134 Å². The van der Waals surface area contributed by atoms with Gasteiger partial charge >= 0.3 is 18.0 Å². The molecule has 1 aromatic heterocycles. The monoisotopic (exact) mass is 1260 g/mol. The van der Waals surface area contributed by atoms with Gasteiger partial charge in [-0.3, -0.25) is 57.7 Å². The number of nitrogens with two attached hydrogens (primary N) is 1. The van der Waals surface area contributed by atoms with Crippen LogP contribution in [-0.4, -0.2) is 159 Å². The molecule has 2 fully saturated rings. The van der Waals surface area contributed by atoms with E-state index in [1.807, 2.05) is 60.4 Å². The Morgan fingerprint density at radius 3 is 2.17 bits per heavy atom. The number of carboxylic acids is 1. The summed E-state index contributed by atoms with van der Waals surface area (Å²) in [6.45, 7) is 18.3. The first-order valence-electron chi connectivity index (χ1n) is 31.7. The van der Waals surface area contributed by atoms with E-state index in [4.69, 9.17) is 10.5 Å². The number of rotatable bonds is 40. The number of urea groups is 1.